The molecule has 2 aromatic carbocycles. The maximum absolute atomic E-state index is 13.8. The van der Waals surface area contributed by atoms with Crippen LogP contribution in [0.3, 0.4) is 0 Å². The van der Waals surface area contributed by atoms with E-state index in [0.717, 1.165) is 65.9 Å². The van der Waals surface area contributed by atoms with Gasteiger partial charge in [-0.2, -0.15) is 0 Å². The minimum absolute atomic E-state index is 0.0852. The molecule has 0 bridgehead atoms. The molecule has 0 saturated heterocycles. The molecule has 5 rings (SSSR count). The molecule has 2 heterocycles. The fourth-order valence-electron chi connectivity index (χ4n) is 6.53. The molecular formula is C36H48N4O4. The Kier molecular flexibility index (Phi) is 9.81. The number of fused-ring (bicyclic) bond motifs is 5. The fraction of sp³-hybridized carbons (Fsp3) is 0.500. The number of carbonyl (C=O) groups excluding carboxylic acids is 2. The number of likely N-dealkylation sites (N-methyl/N-ethyl adjacent to an activating group) is 2. The van der Waals surface area contributed by atoms with Crippen molar-refractivity contribution in [2.75, 3.05) is 47.4 Å². The zero-order valence-electron chi connectivity index (χ0n) is 27.2. The molecule has 44 heavy (non-hydrogen) atoms. The van der Waals surface area contributed by atoms with Crippen LogP contribution in [0.2, 0.25) is 0 Å². The topological polar surface area (TPSA) is 84.8 Å². The molecule has 8 heteroatoms. The van der Waals surface area contributed by atoms with E-state index in [9.17, 15) is 9.59 Å². The molecule has 8 nitrogen and oxygen atoms in total. The Hall–Kier alpha value is -3.62. The third-order valence-corrected chi connectivity index (χ3v) is 8.74. The molecule has 2 aliphatic rings. The van der Waals surface area contributed by atoms with E-state index in [-0.39, 0.29) is 11.9 Å². The van der Waals surface area contributed by atoms with Crippen LogP contribution in [0.15, 0.2) is 42.0 Å². The predicted octanol–water partition coefficient (Wildman–Crippen LogP) is 5.98. The summed E-state index contributed by atoms with van der Waals surface area (Å²) in [6, 6.07) is 12.1. The number of ether oxygens (including phenoxy) is 2. The van der Waals surface area contributed by atoms with Crippen molar-refractivity contribution in [3.8, 4) is 17.0 Å². The van der Waals surface area contributed by atoms with Crippen molar-refractivity contribution >= 4 is 28.9 Å². The summed E-state index contributed by atoms with van der Waals surface area (Å²) >= 11 is 0. The second kappa shape index (κ2) is 13.6. The monoisotopic (exact) mass is 600 g/mol. The molecule has 1 aromatic heterocycles. The lowest BCUT2D eigenvalue weighted by Crippen LogP contribution is -2.36. The van der Waals surface area contributed by atoms with Crippen LogP contribution in [0.4, 0.5) is 0 Å². The third kappa shape index (κ3) is 7.02. The summed E-state index contributed by atoms with van der Waals surface area (Å²) in [6.07, 6.45) is 7.95. The van der Waals surface area contributed by atoms with Crippen LogP contribution in [-0.4, -0.2) is 74.3 Å². The molecule has 1 saturated carbocycles. The van der Waals surface area contributed by atoms with Crippen LogP contribution in [0, 0.1) is 0 Å². The summed E-state index contributed by atoms with van der Waals surface area (Å²) in [7, 11) is 5.67. The van der Waals surface area contributed by atoms with E-state index in [4.69, 9.17) is 9.47 Å². The van der Waals surface area contributed by atoms with Gasteiger partial charge in [0.05, 0.1) is 24.9 Å². The molecule has 0 radical (unpaired) electrons. The van der Waals surface area contributed by atoms with Crippen molar-refractivity contribution in [2.45, 2.75) is 70.9 Å². The first kappa shape index (κ1) is 31.8. The van der Waals surface area contributed by atoms with Crippen molar-refractivity contribution in [3.63, 3.8) is 0 Å². The average molecular weight is 601 g/mol. The maximum atomic E-state index is 13.8. The summed E-state index contributed by atoms with van der Waals surface area (Å²) < 4.78 is 13.6. The molecule has 1 aliphatic carbocycles. The molecule has 0 atom stereocenters. The number of hydrogen-bond donors (Lipinski definition) is 2. The van der Waals surface area contributed by atoms with Gasteiger partial charge in [0.25, 0.3) is 0 Å². The second-order valence-corrected chi connectivity index (χ2v) is 13.2. The van der Waals surface area contributed by atoms with Gasteiger partial charge >= 0.3 is 5.97 Å². The van der Waals surface area contributed by atoms with Crippen molar-refractivity contribution in [1.29, 1.82) is 0 Å². The summed E-state index contributed by atoms with van der Waals surface area (Å²) in [6.45, 7) is 9.16. The van der Waals surface area contributed by atoms with Crippen LogP contribution < -0.4 is 15.4 Å². The molecule has 0 spiro atoms. The minimum atomic E-state index is -0.595. The number of aromatic nitrogens is 1. The number of esters is 1. The Morgan fingerprint density at radius 2 is 1.77 bits per heavy atom. The standard InChI is InChI=1S/C36H48N4O4/c1-36(2,3)44-35(42)25-12-14-30-31(22-25)40-23-27(34(41)38-17-19-39(5)18-16-37-4)20-26-21-28(43-6)13-15-29(26)33(40)32(30)24-10-8-7-9-11-24/h12-15,20-22,24,37H,7-11,16-19,23H2,1-6H3,(H,38,41). The first-order valence-corrected chi connectivity index (χ1v) is 16.0. The van der Waals surface area contributed by atoms with Gasteiger partial charge in [-0.05, 0) is 101 Å². The number of methoxy groups -OCH3 is 1. The van der Waals surface area contributed by atoms with E-state index >= 15 is 0 Å². The largest absolute Gasteiger partial charge is 0.497 e. The van der Waals surface area contributed by atoms with Crippen LogP contribution in [0.25, 0.3) is 28.2 Å². The van der Waals surface area contributed by atoms with E-state index in [0.29, 0.717) is 30.1 Å². The van der Waals surface area contributed by atoms with E-state index in [2.05, 4.69) is 39.3 Å². The number of nitrogens with zero attached hydrogens (tertiary/aromatic N) is 2. The number of benzene rings is 2. The molecule has 3 aromatic rings. The van der Waals surface area contributed by atoms with Gasteiger partial charge < -0.3 is 29.6 Å². The maximum Gasteiger partial charge on any atom is 0.338 e. The first-order valence-electron chi connectivity index (χ1n) is 16.0. The molecule has 1 amide bonds. The average Bonchev–Trinajstić information content (AvgIpc) is 3.21. The Bertz CT molecular complexity index is 1540. The van der Waals surface area contributed by atoms with Crippen molar-refractivity contribution in [3.05, 3.63) is 58.7 Å². The third-order valence-electron chi connectivity index (χ3n) is 8.74. The minimum Gasteiger partial charge on any atom is -0.497 e. The number of hydrogen-bond acceptors (Lipinski definition) is 6. The Morgan fingerprint density at radius 1 is 1.02 bits per heavy atom. The zero-order valence-corrected chi connectivity index (χ0v) is 27.2. The smallest absolute Gasteiger partial charge is 0.338 e. The molecule has 2 N–H and O–H groups in total. The van der Waals surface area contributed by atoms with E-state index < -0.39 is 5.60 Å². The lowest BCUT2D eigenvalue weighted by atomic mass is 9.81. The van der Waals surface area contributed by atoms with Crippen LogP contribution in [0.1, 0.15) is 80.3 Å². The van der Waals surface area contributed by atoms with Crippen LogP contribution >= 0.6 is 0 Å². The Morgan fingerprint density at radius 3 is 2.48 bits per heavy atom. The van der Waals surface area contributed by atoms with Gasteiger partial charge in [-0.1, -0.05) is 25.3 Å². The van der Waals surface area contributed by atoms with Crippen LogP contribution in [-0.2, 0) is 16.1 Å². The number of carbonyl (C=O) groups is 2. The highest BCUT2D eigenvalue weighted by molar-refractivity contribution is 6.03. The van der Waals surface area contributed by atoms with Gasteiger partial charge in [0.1, 0.15) is 11.4 Å². The van der Waals surface area contributed by atoms with Gasteiger partial charge in [-0.3, -0.25) is 4.79 Å². The molecular weight excluding hydrogens is 552 g/mol. The molecule has 1 aliphatic heterocycles. The van der Waals surface area contributed by atoms with E-state index in [1.165, 1.54) is 24.8 Å². The highest BCUT2D eigenvalue weighted by Crippen LogP contribution is 2.47. The number of nitrogens with one attached hydrogen (secondary N) is 2. The Labute approximate surface area is 261 Å². The van der Waals surface area contributed by atoms with Crippen LogP contribution in [0.5, 0.6) is 5.75 Å². The number of rotatable bonds is 10. The summed E-state index contributed by atoms with van der Waals surface area (Å²) in [5, 5.41) is 7.48. The fourth-order valence-corrected chi connectivity index (χ4v) is 6.53. The zero-order chi connectivity index (χ0) is 31.4. The lowest BCUT2D eigenvalue weighted by Gasteiger charge is -2.24. The van der Waals surface area contributed by atoms with Gasteiger partial charge in [0.2, 0.25) is 5.91 Å². The lowest BCUT2D eigenvalue weighted by molar-refractivity contribution is -0.117. The van der Waals surface area contributed by atoms with Gasteiger partial charge in [0, 0.05) is 48.2 Å². The molecule has 236 valence electrons. The SMILES string of the molecule is CNCCN(C)CCNC(=O)C1=Cc2cc(OC)ccc2-c2c(C3CCCCC3)c3ccc(C(=O)OC(C)(C)C)cc3n2C1. The van der Waals surface area contributed by atoms with Gasteiger partial charge in [-0.25, -0.2) is 4.79 Å². The van der Waals surface area contributed by atoms with Crippen molar-refractivity contribution in [2.24, 2.45) is 0 Å². The summed E-state index contributed by atoms with van der Waals surface area (Å²) in [5.41, 5.74) is 6.05. The predicted molar refractivity (Wildman–Crippen MR) is 177 cm³/mol. The normalized spacial score (nSPS) is 15.4. The highest BCUT2D eigenvalue weighted by Gasteiger charge is 2.31. The Balaban J connectivity index is 1.62. The first-order chi connectivity index (χ1) is 21.1. The summed E-state index contributed by atoms with van der Waals surface area (Å²) in [5.74, 6) is 0.733. The molecule has 0 unspecified atom stereocenters. The van der Waals surface area contributed by atoms with Gasteiger partial charge in [0.15, 0.2) is 0 Å². The van der Waals surface area contributed by atoms with Crippen molar-refractivity contribution in [1.82, 2.24) is 20.1 Å². The highest BCUT2D eigenvalue weighted by atomic mass is 16.6. The van der Waals surface area contributed by atoms with Crippen molar-refractivity contribution < 1.29 is 19.1 Å². The molecule has 1 fully saturated rings. The number of amides is 1. The van der Waals surface area contributed by atoms with E-state index in [1.54, 1.807) is 7.11 Å². The second-order valence-electron chi connectivity index (χ2n) is 13.2. The quantitative estimate of drug-likeness (QED) is 0.279. The van der Waals surface area contributed by atoms with E-state index in [1.807, 2.05) is 58.2 Å². The van der Waals surface area contributed by atoms with Gasteiger partial charge in [-0.15, -0.1) is 0 Å². The summed E-state index contributed by atoms with van der Waals surface area (Å²) in [4.78, 5) is 29.2.